The predicted octanol–water partition coefficient (Wildman–Crippen LogP) is 3.32. The van der Waals surface area contributed by atoms with Crippen molar-refractivity contribution >= 4 is 5.91 Å². The lowest BCUT2D eigenvalue weighted by molar-refractivity contribution is 0.0861. The molecule has 3 N–H and O–H groups in total. The Morgan fingerprint density at radius 1 is 1.18 bits per heavy atom. The summed E-state index contributed by atoms with van der Waals surface area (Å²) >= 11 is 0. The zero-order valence-electron chi connectivity index (χ0n) is 13.0. The van der Waals surface area contributed by atoms with Crippen molar-refractivity contribution in [3.05, 3.63) is 48.2 Å². The number of ether oxygens (including phenoxy) is 1. The monoisotopic (exact) mass is 302 g/mol. The lowest BCUT2D eigenvalue weighted by Crippen LogP contribution is -2.52. The maximum Gasteiger partial charge on any atom is 0.290 e. The van der Waals surface area contributed by atoms with Crippen LogP contribution >= 0.6 is 0 Å². The fourth-order valence-corrected chi connectivity index (χ4v) is 2.17. The summed E-state index contributed by atoms with van der Waals surface area (Å²) in [6.07, 6.45) is 1.53. The molecule has 0 fully saturated rings. The standard InChI is InChI=1S/C17H22N2O3/c1-3-17(4-2,12-18)19-16(20)14-10-11-15(22-14)21-13-8-6-5-7-9-13/h5-11H,3-4,12,18H2,1-2H3,(H,19,20). The number of hydrogen-bond donors (Lipinski definition) is 2. The van der Waals surface area contributed by atoms with E-state index in [0.717, 1.165) is 12.8 Å². The normalized spacial score (nSPS) is 11.2. The van der Waals surface area contributed by atoms with Crippen LogP contribution in [0, 0.1) is 0 Å². The molecule has 0 saturated carbocycles. The Hall–Kier alpha value is -2.27. The quantitative estimate of drug-likeness (QED) is 0.822. The Morgan fingerprint density at radius 2 is 1.86 bits per heavy atom. The van der Waals surface area contributed by atoms with E-state index in [1.807, 2.05) is 44.2 Å². The number of carbonyl (C=O) groups is 1. The second kappa shape index (κ2) is 7.13. The molecule has 1 aromatic heterocycles. The van der Waals surface area contributed by atoms with E-state index in [1.54, 1.807) is 12.1 Å². The molecule has 1 aromatic carbocycles. The summed E-state index contributed by atoms with van der Waals surface area (Å²) in [5, 5.41) is 2.96. The molecule has 0 aliphatic carbocycles. The maximum absolute atomic E-state index is 12.3. The molecule has 0 aliphatic rings. The van der Waals surface area contributed by atoms with E-state index >= 15 is 0 Å². The minimum atomic E-state index is -0.398. The van der Waals surface area contributed by atoms with Crippen molar-refractivity contribution in [2.45, 2.75) is 32.2 Å². The van der Waals surface area contributed by atoms with Gasteiger partial charge in [-0.3, -0.25) is 4.79 Å². The molecule has 2 aromatic rings. The lowest BCUT2D eigenvalue weighted by Gasteiger charge is -2.30. The van der Waals surface area contributed by atoms with Gasteiger partial charge in [-0.1, -0.05) is 32.0 Å². The van der Waals surface area contributed by atoms with Crippen molar-refractivity contribution in [3.63, 3.8) is 0 Å². The summed E-state index contributed by atoms with van der Waals surface area (Å²) in [4.78, 5) is 12.3. The molecule has 0 spiro atoms. The van der Waals surface area contributed by atoms with Crippen molar-refractivity contribution in [2.24, 2.45) is 5.73 Å². The first-order valence-corrected chi connectivity index (χ1v) is 7.48. The molecule has 1 heterocycles. The molecule has 0 radical (unpaired) electrons. The van der Waals surface area contributed by atoms with E-state index in [0.29, 0.717) is 12.3 Å². The SMILES string of the molecule is CCC(CC)(CN)NC(=O)c1ccc(Oc2ccccc2)o1. The smallest absolute Gasteiger partial charge is 0.290 e. The number of amides is 1. The van der Waals surface area contributed by atoms with Gasteiger partial charge < -0.3 is 20.2 Å². The molecular formula is C17H22N2O3. The van der Waals surface area contributed by atoms with E-state index in [4.69, 9.17) is 14.9 Å². The van der Waals surface area contributed by atoms with Crippen LogP contribution in [0.3, 0.4) is 0 Å². The van der Waals surface area contributed by atoms with E-state index < -0.39 is 5.54 Å². The molecule has 0 unspecified atom stereocenters. The van der Waals surface area contributed by atoms with E-state index in [2.05, 4.69) is 5.32 Å². The van der Waals surface area contributed by atoms with Gasteiger partial charge in [0.1, 0.15) is 5.75 Å². The molecule has 5 nitrogen and oxygen atoms in total. The summed E-state index contributed by atoms with van der Waals surface area (Å²) in [5.74, 6) is 0.868. The minimum Gasteiger partial charge on any atom is -0.426 e. The van der Waals surface area contributed by atoms with Gasteiger partial charge in [0.15, 0.2) is 5.76 Å². The lowest BCUT2D eigenvalue weighted by atomic mass is 9.93. The van der Waals surface area contributed by atoms with Gasteiger partial charge in [0.05, 0.1) is 5.54 Å². The van der Waals surface area contributed by atoms with Crippen LogP contribution in [0.5, 0.6) is 11.7 Å². The second-order valence-electron chi connectivity index (χ2n) is 5.18. The van der Waals surface area contributed by atoms with Gasteiger partial charge in [0, 0.05) is 12.6 Å². The van der Waals surface area contributed by atoms with Crippen LogP contribution in [-0.2, 0) is 0 Å². The Labute approximate surface area is 130 Å². The number of para-hydroxylation sites is 1. The van der Waals surface area contributed by atoms with Crippen LogP contribution < -0.4 is 15.8 Å². The highest BCUT2D eigenvalue weighted by atomic mass is 16.6. The van der Waals surface area contributed by atoms with Crippen LogP contribution in [0.25, 0.3) is 0 Å². The van der Waals surface area contributed by atoms with E-state index in [-0.39, 0.29) is 17.6 Å². The van der Waals surface area contributed by atoms with Crippen LogP contribution in [-0.4, -0.2) is 18.0 Å². The predicted molar refractivity (Wildman–Crippen MR) is 85.1 cm³/mol. The number of rotatable bonds is 7. The van der Waals surface area contributed by atoms with Crippen molar-refractivity contribution in [1.82, 2.24) is 5.32 Å². The number of nitrogens with two attached hydrogens (primary N) is 1. The van der Waals surface area contributed by atoms with Gasteiger partial charge in [-0.2, -0.15) is 0 Å². The third-order valence-electron chi connectivity index (χ3n) is 3.89. The van der Waals surface area contributed by atoms with Gasteiger partial charge >= 0.3 is 0 Å². The Bertz CT molecular complexity index is 595. The Morgan fingerprint density at radius 3 is 2.45 bits per heavy atom. The average molecular weight is 302 g/mol. The van der Waals surface area contributed by atoms with Crippen LogP contribution in [0.4, 0.5) is 0 Å². The Kier molecular flexibility index (Phi) is 5.22. The zero-order chi connectivity index (χ0) is 16.0. The van der Waals surface area contributed by atoms with Crippen LogP contribution in [0.1, 0.15) is 37.2 Å². The van der Waals surface area contributed by atoms with E-state index in [9.17, 15) is 4.79 Å². The highest BCUT2D eigenvalue weighted by molar-refractivity contribution is 5.92. The maximum atomic E-state index is 12.3. The third kappa shape index (κ3) is 3.68. The molecule has 5 heteroatoms. The highest BCUT2D eigenvalue weighted by Crippen LogP contribution is 2.24. The first kappa shape index (κ1) is 16.1. The number of benzene rings is 1. The topological polar surface area (TPSA) is 77.5 Å². The molecule has 22 heavy (non-hydrogen) atoms. The first-order chi connectivity index (χ1) is 10.6. The highest BCUT2D eigenvalue weighted by Gasteiger charge is 2.28. The molecule has 0 saturated heterocycles. The van der Waals surface area contributed by atoms with Gasteiger partial charge in [-0.05, 0) is 31.0 Å². The fourth-order valence-electron chi connectivity index (χ4n) is 2.17. The molecule has 118 valence electrons. The summed E-state index contributed by atoms with van der Waals surface area (Å²) < 4.78 is 11.0. The van der Waals surface area contributed by atoms with Crippen LogP contribution in [0.2, 0.25) is 0 Å². The summed E-state index contributed by atoms with van der Waals surface area (Å²) in [5.41, 5.74) is 5.39. The zero-order valence-corrected chi connectivity index (χ0v) is 13.0. The van der Waals surface area contributed by atoms with Crippen molar-refractivity contribution < 1.29 is 13.9 Å². The third-order valence-corrected chi connectivity index (χ3v) is 3.89. The van der Waals surface area contributed by atoms with Gasteiger partial charge in [-0.15, -0.1) is 0 Å². The Balaban J connectivity index is 2.06. The van der Waals surface area contributed by atoms with E-state index in [1.165, 1.54) is 0 Å². The average Bonchev–Trinajstić information content (AvgIpc) is 3.02. The molecule has 0 aliphatic heterocycles. The fraction of sp³-hybridized carbons (Fsp3) is 0.353. The van der Waals surface area contributed by atoms with Gasteiger partial charge in [0.25, 0.3) is 11.9 Å². The first-order valence-electron chi connectivity index (χ1n) is 7.48. The minimum absolute atomic E-state index is 0.214. The number of nitrogens with one attached hydrogen (secondary N) is 1. The molecule has 0 bridgehead atoms. The van der Waals surface area contributed by atoms with Crippen molar-refractivity contribution in [2.75, 3.05) is 6.54 Å². The molecule has 1 amide bonds. The van der Waals surface area contributed by atoms with Crippen molar-refractivity contribution in [3.8, 4) is 11.7 Å². The van der Waals surface area contributed by atoms with Gasteiger partial charge in [-0.25, -0.2) is 0 Å². The second-order valence-corrected chi connectivity index (χ2v) is 5.18. The summed E-state index contributed by atoms with van der Waals surface area (Å²) in [6, 6.07) is 12.5. The number of furan rings is 1. The molecular weight excluding hydrogens is 280 g/mol. The van der Waals surface area contributed by atoms with Crippen LogP contribution in [0.15, 0.2) is 46.9 Å². The number of hydrogen-bond acceptors (Lipinski definition) is 4. The molecule has 0 atom stereocenters. The summed E-state index contributed by atoms with van der Waals surface area (Å²) in [7, 11) is 0. The molecule has 2 rings (SSSR count). The summed E-state index contributed by atoms with van der Waals surface area (Å²) in [6.45, 7) is 4.39. The van der Waals surface area contributed by atoms with Gasteiger partial charge in [0.2, 0.25) is 0 Å². The number of carbonyl (C=O) groups excluding carboxylic acids is 1. The van der Waals surface area contributed by atoms with Crippen molar-refractivity contribution in [1.29, 1.82) is 0 Å². The largest absolute Gasteiger partial charge is 0.426 e.